The number of piperidine rings is 1. The lowest BCUT2D eigenvalue weighted by molar-refractivity contribution is -0.124. The van der Waals surface area contributed by atoms with Crippen molar-refractivity contribution in [3.63, 3.8) is 0 Å². The number of carbonyl (C=O) groups excluding carboxylic acids is 1. The third-order valence-corrected chi connectivity index (χ3v) is 9.19. The first-order valence-corrected chi connectivity index (χ1v) is 13.8. The Morgan fingerprint density at radius 1 is 1.07 bits per heavy atom. The van der Waals surface area contributed by atoms with E-state index in [1.807, 2.05) is 10.6 Å². The summed E-state index contributed by atoms with van der Waals surface area (Å²) in [6.45, 7) is 0.527. The predicted molar refractivity (Wildman–Crippen MR) is 143 cm³/mol. The molecule has 12 heteroatoms. The molecule has 1 amide bonds. The first kappa shape index (κ1) is 24.6. The number of alkyl halides is 2. The van der Waals surface area contributed by atoms with Gasteiger partial charge in [-0.15, -0.1) is 0 Å². The number of rotatable bonds is 4. The molecule has 0 saturated carbocycles. The van der Waals surface area contributed by atoms with Gasteiger partial charge in [0.15, 0.2) is 0 Å². The van der Waals surface area contributed by atoms with Crippen LogP contribution in [0.25, 0.3) is 16.9 Å². The quantitative estimate of drug-likeness (QED) is 0.369. The molecule has 3 aliphatic heterocycles. The molecule has 1 spiro atoms. The van der Waals surface area contributed by atoms with Crippen molar-refractivity contribution in [3.8, 4) is 16.9 Å². The van der Waals surface area contributed by atoms with Crippen molar-refractivity contribution >= 4 is 17.6 Å². The normalized spacial score (nSPS) is 22.6. The van der Waals surface area contributed by atoms with E-state index >= 15 is 0 Å². The van der Waals surface area contributed by atoms with E-state index in [0.29, 0.717) is 34.7 Å². The highest BCUT2D eigenvalue weighted by Crippen LogP contribution is 2.52. The van der Waals surface area contributed by atoms with Gasteiger partial charge in [0.2, 0.25) is 11.7 Å². The lowest BCUT2D eigenvalue weighted by Gasteiger charge is -2.47. The molecule has 6 heterocycles. The summed E-state index contributed by atoms with van der Waals surface area (Å²) in [7, 11) is 1.72. The van der Waals surface area contributed by atoms with E-state index in [1.165, 1.54) is 6.07 Å². The van der Waals surface area contributed by atoms with Gasteiger partial charge in [-0.1, -0.05) is 6.07 Å². The number of hydrogen-bond acceptors (Lipinski definition) is 8. The molecular formula is C29H27F2N7O3. The maximum Gasteiger partial charge on any atom is 0.387 e. The van der Waals surface area contributed by atoms with Gasteiger partial charge in [0, 0.05) is 78.5 Å². The monoisotopic (exact) mass is 559 g/mol. The highest BCUT2D eigenvalue weighted by Gasteiger charge is 2.46. The average Bonchev–Trinajstić information content (AvgIpc) is 3.49. The molecular weight excluding hydrogens is 532 g/mol. The van der Waals surface area contributed by atoms with E-state index in [-0.39, 0.29) is 23.6 Å². The molecule has 2 bridgehead atoms. The largest absolute Gasteiger partial charge is 0.434 e. The molecule has 0 N–H and O–H groups in total. The molecule has 10 nitrogen and oxygen atoms in total. The number of benzene rings is 1. The minimum absolute atomic E-state index is 0.00858. The molecule has 3 aromatic heterocycles. The zero-order chi connectivity index (χ0) is 27.9. The summed E-state index contributed by atoms with van der Waals surface area (Å²) >= 11 is 0. The summed E-state index contributed by atoms with van der Waals surface area (Å²) in [5.41, 5.74) is 4.32. The summed E-state index contributed by atoms with van der Waals surface area (Å²) < 4.78 is 39.0. The second-order valence-electron chi connectivity index (χ2n) is 11.5. The topological polar surface area (TPSA) is 98.0 Å². The van der Waals surface area contributed by atoms with Crippen LogP contribution in [0.1, 0.15) is 58.5 Å². The number of nitrogens with zero attached hydrogens (tertiary/aromatic N) is 7. The van der Waals surface area contributed by atoms with E-state index in [0.717, 1.165) is 61.7 Å². The molecule has 2 atom stereocenters. The average molecular weight is 560 g/mol. The predicted octanol–water partition coefficient (Wildman–Crippen LogP) is 4.07. The molecule has 210 valence electrons. The van der Waals surface area contributed by atoms with Gasteiger partial charge < -0.3 is 19.3 Å². The Labute approximate surface area is 234 Å². The molecule has 2 saturated heterocycles. The van der Waals surface area contributed by atoms with Crippen LogP contribution in [0.4, 0.5) is 14.7 Å². The third kappa shape index (κ3) is 3.73. The standard InChI is InChI=1S/C29H27F2N7O3/c1-36-20-9-19(22-18(25(36)39)3-2-4-21(22)41-26(30)31)24-23(20)35-28-34-12-17(13-38(24)28)16-10-32-27(33-11-16)37-7-5-29(6-8-37)14-40-15-29/h2-4,10-13,19-20,26H,5-9,14-15H2,1H3. The van der Waals surface area contributed by atoms with Gasteiger partial charge >= 0.3 is 6.61 Å². The lowest BCUT2D eigenvalue weighted by atomic mass is 9.77. The Balaban J connectivity index is 1.16. The Kier molecular flexibility index (Phi) is 5.34. The number of hydrogen-bond donors (Lipinski definition) is 0. The molecule has 41 heavy (non-hydrogen) atoms. The Bertz CT molecular complexity index is 1680. The fourth-order valence-corrected chi connectivity index (χ4v) is 6.87. The van der Waals surface area contributed by atoms with Gasteiger partial charge in [0.05, 0.1) is 30.6 Å². The number of ether oxygens (including phenoxy) is 2. The summed E-state index contributed by atoms with van der Waals surface area (Å²) in [4.78, 5) is 35.9. The molecule has 1 aliphatic carbocycles. The Morgan fingerprint density at radius 2 is 1.83 bits per heavy atom. The van der Waals surface area contributed by atoms with E-state index in [2.05, 4.69) is 19.9 Å². The summed E-state index contributed by atoms with van der Waals surface area (Å²) in [6.07, 6.45) is 9.96. The van der Waals surface area contributed by atoms with Gasteiger partial charge in [0.25, 0.3) is 5.91 Å². The van der Waals surface area contributed by atoms with E-state index < -0.39 is 6.61 Å². The number of aromatic nitrogens is 5. The summed E-state index contributed by atoms with van der Waals surface area (Å²) in [5, 5.41) is 0. The molecule has 4 aromatic rings. The zero-order valence-corrected chi connectivity index (χ0v) is 22.3. The van der Waals surface area contributed by atoms with Crippen LogP contribution in [0.5, 0.6) is 5.75 Å². The van der Waals surface area contributed by atoms with Gasteiger partial charge in [-0.25, -0.2) is 19.9 Å². The van der Waals surface area contributed by atoms with Gasteiger partial charge in [-0.05, 0) is 31.4 Å². The van der Waals surface area contributed by atoms with Crippen LogP contribution in [-0.2, 0) is 4.74 Å². The number of halogens is 2. The number of imidazole rings is 1. The van der Waals surface area contributed by atoms with Crippen molar-refractivity contribution in [3.05, 3.63) is 65.5 Å². The summed E-state index contributed by atoms with van der Waals surface area (Å²) in [5.74, 6) is 0.579. The van der Waals surface area contributed by atoms with Gasteiger partial charge in [0.1, 0.15) is 5.75 Å². The first-order chi connectivity index (χ1) is 19.9. The summed E-state index contributed by atoms with van der Waals surface area (Å²) in [6, 6.07) is 4.42. The molecule has 8 rings (SSSR count). The minimum atomic E-state index is -3.01. The Morgan fingerprint density at radius 3 is 2.54 bits per heavy atom. The van der Waals surface area contributed by atoms with E-state index in [1.54, 1.807) is 42.7 Å². The number of amides is 1. The number of carbonyl (C=O) groups is 1. The van der Waals surface area contributed by atoms with Gasteiger partial charge in [-0.2, -0.15) is 8.78 Å². The second-order valence-corrected chi connectivity index (χ2v) is 11.5. The van der Waals surface area contributed by atoms with Crippen LogP contribution in [0.3, 0.4) is 0 Å². The zero-order valence-electron chi connectivity index (χ0n) is 22.3. The second kappa shape index (κ2) is 8.90. The third-order valence-electron chi connectivity index (χ3n) is 9.19. The SMILES string of the molecule is CN1C(=O)c2cccc(OC(F)F)c2C2CC1c1nc3ncc(-c4cnc(N5CCC6(CC5)COC6)nc4)cn3c12. The van der Waals surface area contributed by atoms with Crippen molar-refractivity contribution in [1.82, 2.24) is 29.2 Å². The Hall–Kier alpha value is -4.19. The van der Waals surface area contributed by atoms with Crippen molar-refractivity contribution < 1.29 is 23.0 Å². The molecule has 2 fully saturated rings. The lowest BCUT2D eigenvalue weighted by Crippen LogP contribution is -2.51. The molecule has 0 radical (unpaired) electrons. The van der Waals surface area contributed by atoms with Crippen molar-refractivity contribution in [2.75, 3.05) is 38.3 Å². The van der Waals surface area contributed by atoms with Crippen LogP contribution < -0.4 is 9.64 Å². The fraction of sp³-hybridized carbons (Fsp3) is 0.414. The maximum atomic E-state index is 13.4. The van der Waals surface area contributed by atoms with Crippen LogP contribution in [-0.4, -0.2) is 75.1 Å². The van der Waals surface area contributed by atoms with Gasteiger partial charge in [-0.3, -0.25) is 9.20 Å². The van der Waals surface area contributed by atoms with Crippen molar-refractivity contribution in [2.24, 2.45) is 5.41 Å². The number of fused-ring (bicyclic) bond motifs is 9. The first-order valence-electron chi connectivity index (χ1n) is 13.8. The highest BCUT2D eigenvalue weighted by atomic mass is 19.3. The van der Waals surface area contributed by atoms with E-state index in [4.69, 9.17) is 14.5 Å². The maximum absolute atomic E-state index is 13.4. The molecule has 1 aromatic carbocycles. The van der Waals surface area contributed by atoms with Crippen LogP contribution >= 0.6 is 0 Å². The number of anilines is 1. The van der Waals surface area contributed by atoms with Crippen LogP contribution in [0.2, 0.25) is 0 Å². The fourth-order valence-electron chi connectivity index (χ4n) is 6.87. The van der Waals surface area contributed by atoms with Crippen LogP contribution in [0.15, 0.2) is 43.0 Å². The smallest absolute Gasteiger partial charge is 0.387 e. The van der Waals surface area contributed by atoms with Crippen molar-refractivity contribution in [2.45, 2.75) is 37.8 Å². The highest BCUT2D eigenvalue weighted by molar-refractivity contribution is 5.98. The van der Waals surface area contributed by atoms with Crippen LogP contribution in [0, 0.1) is 5.41 Å². The molecule has 2 unspecified atom stereocenters. The molecule has 4 aliphatic rings. The van der Waals surface area contributed by atoms with E-state index in [9.17, 15) is 13.6 Å². The minimum Gasteiger partial charge on any atom is -0.434 e. The van der Waals surface area contributed by atoms with Crippen molar-refractivity contribution in [1.29, 1.82) is 0 Å².